The Balaban J connectivity index is 1.80. The number of amides is 2. The third-order valence-electron chi connectivity index (χ3n) is 4.28. The number of hydrogen-bond donors (Lipinski definition) is 2. The highest BCUT2D eigenvalue weighted by atomic mass is 16.5. The first kappa shape index (κ1) is 17.5. The molecule has 5 heteroatoms. The van der Waals surface area contributed by atoms with Crippen LogP contribution in [0.5, 0.6) is 5.75 Å². The fourth-order valence-electron chi connectivity index (χ4n) is 2.88. The highest BCUT2D eigenvalue weighted by Crippen LogP contribution is 2.19. The molecule has 132 valence electrons. The van der Waals surface area contributed by atoms with Gasteiger partial charge in [-0.15, -0.1) is 0 Å². The zero-order chi connectivity index (χ0) is 18.5. The van der Waals surface area contributed by atoms with Gasteiger partial charge in [0, 0.05) is 12.0 Å². The molecule has 0 aliphatic heterocycles. The number of primary amides is 1. The number of nitrogens with two attached hydrogens (primary N) is 1. The van der Waals surface area contributed by atoms with Gasteiger partial charge in [-0.05, 0) is 34.5 Å². The molecule has 0 unspecified atom stereocenters. The smallest absolute Gasteiger partial charge is 0.252 e. The monoisotopic (exact) mass is 348 g/mol. The van der Waals surface area contributed by atoms with Crippen molar-refractivity contribution in [2.24, 2.45) is 5.73 Å². The van der Waals surface area contributed by atoms with Gasteiger partial charge < -0.3 is 15.8 Å². The standard InChI is InChI=1S/C21H20N2O3/c1-26-16-11-9-14(10-12-16)13-19(20(22)24)23-21(25)18-8-4-6-15-5-2-3-7-17(15)18/h2-12,19H,13H2,1H3,(H2,22,24)(H,23,25)/t19-/m1/s1. The third-order valence-corrected chi connectivity index (χ3v) is 4.28. The summed E-state index contributed by atoms with van der Waals surface area (Å²) >= 11 is 0. The van der Waals surface area contributed by atoms with Crippen LogP contribution in [0.2, 0.25) is 0 Å². The van der Waals surface area contributed by atoms with Crippen LogP contribution in [0, 0.1) is 0 Å². The molecule has 0 aromatic heterocycles. The van der Waals surface area contributed by atoms with Crippen LogP contribution in [0.3, 0.4) is 0 Å². The molecule has 3 rings (SSSR count). The first-order valence-corrected chi connectivity index (χ1v) is 8.29. The minimum Gasteiger partial charge on any atom is -0.497 e. The van der Waals surface area contributed by atoms with E-state index in [1.165, 1.54) is 0 Å². The van der Waals surface area contributed by atoms with E-state index >= 15 is 0 Å². The maximum Gasteiger partial charge on any atom is 0.252 e. The van der Waals surface area contributed by atoms with Crippen molar-refractivity contribution in [3.8, 4) is 5.75 Å². The van der Waals surface area contributed by atoms with E-state index in [0.29, 0.717) is 12.0 Å². The largest absolute Gasteiger partial charge is 0.497 e. The lowest BCUT2D eigenvalue weighted by Gasteiger charge is -2.16. The SMILES string of the molecule is COc1ccc(C[C@@H](NC(=O)c2cccc3ccccc23)C(N)=O)cc1. The van der Waals surface area contributed by atoms with E-state index in [9.17, 15) is 9.59 Å². The summed E-state index contributed by atoms with van der Waals surface area (Å²) in [6.45, 7) is 0. The Kier molecular flexibility index (Phi) is 5.17. The summed E-state index contributed by atoms with van der Waals surface area (Å²) in [5.41, 5.74) is 6.90. The molecule has 0 saturated carbocycles. The van der Waals surface area contributed by atoms with E-state index in [1.54, 1.807) is 25.3 Å². The van der Waals surface area contributed by atoms with Crippen LogP contribution >= 0.6 is 0 Å². The summed E-state index contributed by atoms with van der Waals surface area (Å²) in [5, 5.41) is 4.55. The summed E-state index contributed by atoms with van der Waals surface area (Å²) in [7, 11) is 1.59. The molecule has 0 bridgehead atoms. The van der Waals surface area contributed by atoms with Gasteiger partial charge in [0.1, 0.15) is 11.8 Å². The molecule has 0 aliphatic rings. The predicted octanol–water partition coefficient (Wildman–Crippen LogP) is 2.67. The second-order valence-corrected chi connectivity index (χ2v) is 6.01. The molecule has 0 aliphatic carbocycles. The van der Waals surface area contributed by atoms with Crippen molar-refractivity contribution in [1.82, 2.24) is 5.32 Å². The van der Waals surface area contributed by atoms with E-state index in [1.807, 2.05) is 48.5 Å². The van der Waals surface area contributed by atoms with Crippen LogP contribution in [0.25, 0.3) is 10.8 Å². The minimum atomic E-state index is -0.796. The number of hydrogen-bond acceptors (Lipinski definition) is 3. The fraction of sp³-hybridized carbons (Fsp3) is 0.143. The molecule has 26 heavy (non-hydrogen) atoms. The predicted molar refractivity (Wildman–Crippen MR) is 101 cm³/mol. The molecule has 0 saturated heterocycles. The molecule has 3 N–H and O–H groups in total. The van der Waals surface area contributed by atoms with Gasteiger partial charge in [-0.2, -0.15) is 0 Å². The average Bonchev–Trinajstić information content (AvgIpc) is 2.67. The Morgan fingerprint density at radius 3 is 2.38 bits per heavy atom. The fourth-order valence-corrected chi connectivity index (χ4v) is 2.88. The number of ether oxygens (including phenoxy) is 1. The highest BCUT2D eigenvalue weighted by molar-refractivity contribution is 6.08. The highest BCUT2D eigenvalue weighted by Gasteiger charge is 2.20. The van der Waals surface area contributed by atoms with Gasteiger partial charge in [0.25, 0.3) is 5.91 Å². The third kappa shape index (κ3) is 3.83. The Hall–Kier alpha value is -3.34. The second kappa shape index (κ2) is 7.70. The number of rotatable bonds is 6. The first-order chi connectivity index (χ1) is 12.6. The van der Waals surface area contributed by atoms with E-state index in [-0.39, 0.29) is 5.91 Å². The lowest BCUT2D eigenvalue weighted by atomic mass is 10.0. The summed E-state index contributed by atoms with van der Waals surface area (Å²) in [6, 6.07) is 19.6. The molecule has 0 fully saturated rings. The van der Waals surface area contributed by atoms with E-state index in [0.717, 1.165) is 22.1 Å². The molecule has 1 atom stereocenters. The van der Waals surface area contributed by atoms with Crippen molar-refractivity contribution >= 4 is 22.6 Å². The summed E-state index contributed by atoms with van der Waals surface area (Å²) < 4.78 is 5.12. The van der Waals surface area contributed by atoms with Gasteiger partial charge in [0.2, 0.25) is 5.91 Å². The minimum absolute atomic E-state index is 0.315. The number of fused-ring (bicyclic) bond motifs is 1. The lowest BCUT2D eigenvalue weighted by molar-refractivity contribution is -0.119. The zero-order valence-electron chi connectivity index (χ0n) is 14.4. The van der Waals surface area contributed by atoms with Gasteiger partial charge in [0.15, 0.2) is 0 Å². The quantitative estimate of drug-likeness (QED) is 0.718. The molecule has 0 spiro atoms. The Labute approximate surface area is 151 Å². The Morgan fingerprint density at radius 2 is 1.69 bits per heavy atom. The molecule has 5 nitrogen and oxygen atoms in total. The van der Waals surface area contributed by atoms with E-state index in [2.05, 4.69) is 5.32 Å². The first-order valence-electron chi connectivity index (χ1n) is 8.29. The molecule has 0 heterocycles. The number of carbonyl (C=O) groups excluding carboxylic acids is 2. The van der Waals surface area contributed by atoms with Gasteiger partial charge >= 0.3 is 0 Å². The van der Waals surface area contributed by atoms with Crippen LogP contribution in [0.1, 0.15) is 15.9 Å². The zero-order valence-corrected chi connectivity index (χ0v) is 14.4. The topological polar surface area (TPSA) is 81.4 Å². The molecular weight excluding hydrogens is 328 g/mol. The maximum absolute atomic E-state index is 12.7. The average molecular weight is 348 g/mol. The number of methoxy groups -OCH3 is 1. The van der Waals surface area contributed by atoms with Crippen molar-refractivity contribution in [3.05, 3.63) is 77.9 Å². The van der Waals surface area contributed by atoms with E-state index < -0.39 is 11.9 Å². The van der Waals surface area contributed by atoms with Crippen LogP contribution in [-0.4, -0.2) is 25.0 Å². The molecule has 2 amide bonds. The molecular formula is C21H20N2O3. The van der Waals surface area contributed by atoms with Crippen LogP contribution in [0.4, 0.5) is 0 Å². The maximum atomic E-state index is 12.7. The Morgan fingerprint density at radius 1 is 1.00 bits per heavy atom. The van der Waals surface area contributed by atoms with Crippen LogP contribution in [0.15, 0.2) is 66.7 Å². The summed E-state index contributed by atoms with van der Waals surface area (Å²) in [6.07, 6.45) is 0.315. The van der Waals surface area contributed by atoms with Gasteiger partial charge in [-0.1, -0.05) is 48.5 Å². The normalized spacial score (nSPS) is 11.7. The molecule has 3 aromatic carbocycles. The van der Waals surface area contributed by atoms with Gasteiger partial charge in [-0.3, -0.25) is 9.59 Å². The van der Waals surface area contributed by atoms with Crippen molar-refractivity contribution in [2.45, 2.75) is 12.5 Å². The van der Waals surface area contributed by atoms with Crippen molar-refractivity contribution < 1.29 is 14.3 Å². The summed E-state index contributed by atoms with van der Waals surface area (Å²) in [5.74, 6) is -0.169. The van der Waals surface area contributed by atoms with Crippen LogP contribution in [-0.2, 0) is 11.2 Å². The van der Waals surface area contributed by atoms with Gasteiger partial charge in [0.05, 0.1) is 7.11 Å². The van der Waals surface area contributed by atoms with Gasteiger partial charge in [-0.25, -0.2) is 0 Å². The number of nitrogens with one attached hydrogen (secondary N) is 1. The molecule has 0 radical (unpaired) electrons. The summed E-state index contributed by atoms with van der Waals surface area (Å²) in [4.78, 5) is 24.6. The van der Waals surface area contributed by atoms with Crippen LogP contribution < -0.4 is 15.8 Å². The second-order valence-electron chi connectivity index (χ2n) is 6.01. The number of carbonyl (C=O) groups is 2. The molecule has 3 aromatic rings. The van der Waals surface area contributed by atoms with Crippen molar-refractivity contribution in [1.29, 1.82) is 0 Å². The lowest BCUT2D eigenvalue weighted by Crippen LogP contribution is -2.45. The van der Waals surface area contributed by atoms with Crippen molar-refractivity contribution in [2.75, 3.05) is 7.11 Å². The van der Waals surface area contributed by atoms with Crippen molar-refractivity contribution in [3.63, 3.8) is 0 Å². The Bertz CT molecular complexity index is 930. The number of benzene rings is 3. The van der Waals surface area contributed by atoms with E-state index in [4.69, 9.17) is 10.5 Å².